The lowest BCUT2D eigenvalue weighted by molar-refractivity contribution is -0.132. The van der Waals surface area contributed by atoms with Crippen LogP contribution in [0.2, 0.25) is 0 Å². The number of alkyl halides is 3. The first-order chi connectivity index (χ1) is 7.79. The first kappa shape index (κ1) is 13.6. The fourth-order valence-corrected chi connectivity index (χ4v) is 1.75. The normalized spacial score (nSPS) is 12.6. The summed E-state index contributed by atoms with van der Waals surface area (Å²) in [7, 11) is 0. The molecule has 0 amide bonds. The zero-order valence-corrected chi connectivity index (χ0v) is 9.60. The van der Waals surface area contributed by atoms with Gasteiger partial charge in [0.2, 0.25) is 0 Å². The van der Waals surface area contributed by atoms with Crippen LogP contribution in [-0.4, -0.2) is 16.6 Å². The van der Waals surface area contributed by atoms with E-state index in [0.717, 1.165) is 0 Å². The predicted octanol–water partition coefficient (Wildman–Crippen LogP) is 3.79. The number of carboxylic acid groups (broad SMARTS) is 1. The Hall–Kier alpha value is -1.43. The summed E-state index contributed by atoms with van der Waals surface area (Å²) in [6, 6.07) is 5.78. The highest BCUT2D eigenvalue weighted by Crippen LogP contribution is 2.38. The minimum absolute atomic E-state index is 0.0133. The Morgan fingerprint density at radius 2 is 1.94 bits per heavy atom. The number of hydrogen-bond acceptors (Lipinski definition) is 2. The molecule has 2 nitrogen and oxygen atoms in total. The van der Waals surface area contributed by atoms with Gasteiger partial charge >= 0.3 is 11.5 Å². The molecule has 0 atom stereocenters. The molecule has 1 N–H and O–H groups in total. The molecule has 0 radical (unpaired) electrons. The van der Waals surface area contributed by atoms with Gasteiger partial charge in [0.05, 0.1) is 0 Å². The third kappa shape index (κ3) is 4.52. The molecular formula is C11H9F3O2S. The fraction of sp³-hybridized carbons (Fsp3) is 0.182. The average molecular weight is 262 g/mol. The quantitative estimate of drug-likeness (QED) is 0.665. The lowest BCUT2D eigenvalue weighted by Gasteiger charge is -2.08. The summed E-state index contributed by atoms with van der Waals surface area (Å²) in [5, 5.41) is 8.67. The fourth-order valence-electron chi connectivity index (χ4n) is 1.11. The highest BCUT2D eigenvalue weighted by Gasteiger charge is 2.30. The molecule has 1 aromatic rings. The number of thioether (sulfide) groups is 1. The molecule has 0 saturated carbocycles. The maximum absolute atomic E-state index is 12.2. The van der Waals surface area contributed by atoms with Crippen molar-refractivity contribution in [3.8, 4) is 0 Å². The van der Waals surface area contributed by atoms with Crippen molar-refractivity contribution in [1.82, 2.24) is 0 Å². The molecule has 92 valence electrons. The van der Waals surface area contributed by atoms with Crippen LogP contribution < -0.4 is 0 Å². The lowest BCUT2D eigenvalue weighted by atomic mass is 10.1. The van der Waals surface area contributed by atoms with Crippen molar-refractivity contribution in [3.63, 3.8) is 0 Å². The molecule has 0 bridgehead atoms. The van der Waals surface area contributed by atoms with Crippen LogP contribution in [0.3, 0.4) is 0 Å². The van der Waals surface area contributed by atoms with Gasteiger partial charge in [-0.25, -0.2) is 4.79 Å². The van der Waals surface area contributed by atoms with Crippen LogP contribution in [0.25, 0.3) is 6.08 Å². The van der Waals surface area contributed by atoms with Crippen molar-refractivity contribution < 1.29 is 23.1 Å². The molecule has 0 aromatic heterocycles. The topological polar surface area (TPSA) is 37.3 Å². The van der Waals surface area contributed by atoms with Crippen LogP contribution in [0.15, 0.2) is 34.7 Å². The van der Waals surface area contributed by atoms with Crippen molar-refractivity contribution in [1.29, 1.82) is 0 Å². The summed E-state index contributed by atoms with van der Waals surface area (Å²) in [4.78, 5) is 10.6. The Balaban J connectivity index is 3.09. The number of carbonyl (C=O) groups is 1. The van der Waals surface area contributed by atoms with Crippen LogP contribution in [0, 0.1) is 0 Å². The van der Waals surface area contributed by atoms with E-state index in [0.29, 0.717) is 0 Å². The molecule has 0 saturated heterocycles. The zero-order valence-electron chi connectivity index (χ0n) is 8.78. The summed E-state index contributed by atoms with van der Waals surface area (Å²) in [5.74, 6) is -1.16. The van der Waals surface area contributed by atoms with Crippen LogP contribution >= 0.6 is 11.8 Å². The highest BCUT2D eigenvalue weighted by molar-refractivity contribution is 8.00. The molecule has 17 heavy (non-hydrogen) atoms. The van der Waals surface area contributed by atoms with Gasteiger partial charge in [0.25, 0.3) is 0 Å². The molecule has 0 aliphatic carbocycles. The van der Waals surface area contributed by atoms with E-state index in [9.17, 15) is 18.0 Å². The second-order valence-electron chi connectivity index (χ2n) is 3.22. The minimum Gasteiger partial charge on any atom is -0.478 e. The first-order valence-electron chi connectivity index (χ1n) is 4.56. The van der Waals surface area contributed by atoms with Crippen LogP contribution in [-0.2, 0) is 4.79 Å². The third-order valence-electron chi connectivity index (χ3n) is 1.85. The molecule has 0 heterocycles. The second-order valence-corrected chi connectivity index (χ2v) is 4.32. The van der Waals surface area contributed by atoms with Crippen molar-refractivity contribution in [2.75, 3.05) is 0 Å². The standard InChI is InChI=1S/C11H9F3O2S/c1-7(10(15)16)6-8-4-2-3-5-9(8)17-11(12,13)14/h2-6H,1H3,(H,15,16)/b7-6+. The van der Waals surface area contributed by atoms with E-state index in [-0.39, 0.29) is 27.8 Å². The van der Waals surface area contributed by atoms with Gasteiger partial charge in [0.1, 0.15) is 0 Å². The Bertz CT molecular complexity index is 452. The van der Waals surface area contributed by atoms with E-state index in [2.05, 4.69) is 0 Å². The molecule has 0 aliphatic rings. The van der Waals surface area contributed by atoms with Crippen molar-refractivity contribution in [2.24, 2.45) is 0 Å². The summed E-state index contributed by atoms with van der Waals surface area (Å²) in [6.45, 7) is 1.33. The Labute approximate surface area is 100 Å². The number of carboxylic acids is 1. The predicted molar refractivity (Wildman–Crippen MR) is 59.6 cm³/mol. The van der Waals surface area contributed by atoms with E-state index in [1.165, 1.54) is 31.2 Å². The minimum atomic E-state index is -4.39. The zero-order chi connectivity index (χ0) is 13.1. The molecule has 0 unspecified atom stereocenters. The summed E-state index contributed by atoms with van der Waals surface area (Å²) < 4.78 is 36.7. The lowest BCUT2D eigenvalue weighted by Crippen LogP contribution is -2.00. The molecule has 0 spiro atoms. The highest BCUT2D eigenvalue weighted by atomic mass is 32.2. The number of benzene rings is 1. The van der Waals surface area contributed by atoms with Gasteiger partial charge in [-0.05, 0) is 36.4 Å². The summed E-state index contributed by atoms with van der Waals surface area (Å²) in [6.07, 6.45) is 1.22. The average Bonchev–Trinajstić information content (AvgIpc) is 2.18. The van der Waals surface area contributed by atoms with Gasteiger partial charge in [0.15, 0.2) is 0 Å². The van der Waals surface area contributed by atoms with E-state index in [1.54, 1.807) is 6.07 Å². The monoisotopic (exact) mass is 262 g/mol. The molecule has 0 fully saturated rings. The van der Waals surface area contributed by atoms with Crippen LogP contribution in [0.1, 0.15) is 12.5 Å². The molecule has 1 rings (SSSR count). The number of rotatable bonds is 3. The van der Waals surface area contributed by atoms with Crippen molar-refractivity contribution in [2.45, 2.75) is 17.3 Å². The Kier molecular flexibility index (Phi) is 4.22. The van der Waals surface area contributed by atoms with Crippen LogP contribution in [0.5, 0.6) is 0 Å². The molecule has 6 heteroatoms. The van der Waals surface area contributed by atoms with Gasteiger partial charge in [-0.3, -0.25) is 0 Å². The maximum Gasteiger partial charge on any atom is 0.446 e. The SMILES string of the molecule is C/C(=C\c1ccccc1SC(F)(F)F)C(=O)O. The molecule has 1 aromatic carbocycles. The van der Waals surface area contributed by atoms with Gasteiger partial charge in [-0.15, -0.1) is 0 Å². The van der Waals surface area contributed by atoms with E-state index >= 15 is 0 Å². The van der Waals surface area contributed by atoms with Crippen LogP contribution in [0.4, 0.5) is 13.2 Å². The van der Waals surface area contributed by atoms with E-state index in [1.807, 2.05) is 0 Å². The second kappa shape index (κ2) is 5.27. The Morgan fingerprint density at radius 3 is 2.47 bits per heavy atom. The third-order valence-corrected chi connectivity index (χ3v) is 2.68. The number of aliphatic carboxylic acids is 1. The summed E-state index contributed by atoms with van der Waals surface area (Å²) >= 11 is -0.256. The van der Waals surface area contributed by atoms with Gasteiger partial charge in [-0.2, -0.15) is 13.2 Å². The van der Waals surface area contributed by atoms with Crippen molar-refractivity contribution in [3.05, 3.63) is 35.4 Å². The van der Waals surface area contributed by atoms with E-state index < -0.39 is 11.5 Å². The van der Waals surface area contributed by atoms with Gasteiger partial charge < -0.3 is 5.11 Å². The van der Waals surface area contributed by atoms with Gasteiger partial charge in [0, 0.05) is 10.5 Å². The number of halogens is 3. The molecular weight excluding hydrogens is 253 g/mol. The van der Waals surface area contributed by atoms with Gasteiger partial charge in [-0.1, -0.05) is 18.2 Å². The number of hydrogen-bond donors (Lipinski definition) is 1. The maximum atomic E-state index is 12.2. The van der Waals surface area contributed by atoms with Crippen molar-refractivity contribution >= 4 is 23.8 Å². The summed E-state index contributed by atoms with van der Waals surface area (Å²) in [5.41, 5.74) is -4.16. The first-order valence-corrected chi connectivity index (χ1v) is 5.37. The smallest absolute Gasteiger partial charge is 0.446 e. The molecule has 0 aliphatic heterocycles. The Morgan fingerprint density at radius 1 is 1.35 bits per heavy atom. The van der Waals surface area contributed by atoms with E-state index in [4.69, 9.17) is 5.11 Å². The largest absolute Gasteiger partial charge is 0.478 e.